The molecule has 0 saturated heterocycles. The fraction of sp³-hybridized carbons (Fsp3) is 0.556. The van der Waals surface area contributed by atoms with Gasteiger partial charge in [0.25, 0.3) is 0 Å². The number of hydrogen-bond acceptors (Lipinski definition) is 2. The van der Waals surface area contributed by atoms with Gasteiger partial charge >= 0.3 is 0 Å². The molecule has 1 rings (SSSR count). The van der Waals surface area contributed by atoms with Gasteiger partial charge in [-0.05, 0) is 38.0 Å². The summed E-state index contributed by atoms with van der Waals surface area (Å²) in [5.41, 5.74) is 2.21. The Balaban J connectivity index is 2.79. The highest BCUT2D eigenvalue weighted by Gasteiger charge is 1.94. The molecule has 0 radical (unpaired) electrons. The third-order valence-corrected chi connectivity index (χ3v) is 1.91. The van der Waals surface area contributed by atoms with Gasteiger partial charge in [-0.1, -0.05) is 13.3 Å². The molecule has 66 valence electrons. The van der Waals surface area contributed by atoms with Crippen LogP contribution in [0.25, 0.3) is 0 Å². The minimum atomic E-state index is 0.598. The Bertz CT molecular complexity index is 304. The minimum Gasteiger partial charge on any atom is -0.335 e. The summed E-state index contributed by atoms with van der Waals surface area (Å²) in [5.74, 6) is 0. The van der Waals surface area contributed by atoms with Crippen molar-refractivity contribution >= 4 is 12.2 Å². The summed E-state index contributed by atoms with van der Waals surface area (Å²) in [6.45, 7) is 4.18. The molecule has 0 atom stereocenters. The quantitative estimate of drug-likeness (QED) is 0.728. The van der Waals surface area contributed by atoms with Crippen molar-refractivity contribution in [2.45, 2.75) is 33.1 Å². The summed E-state index contributed by atoms with van der Waals surface area (Å²) in [7, 11) is 0. The van der Waals surface area contributed by atoms with Crippen molar-refractivity contribution in [2.24, 2.45) is 0 Å². The third-order valence-electron chi connectivity index (χ3n) is 1.72. The highest BCUT2D eigenvalue weighted by molar-refractivity contribution is 7.71. The van der Waals surface area contributed by atoms with Crippen molar-refractivity contribution in [3.8, 4) is 0 Å². The fourth-order valence-electron chi connectivity index (χ4n) is 1.13. The van der Waals surface area contributed by atoms with E-state index in [0.717, 1.165) is 17.8 Å². The molecule has 0 aliphatic rings. The Labute approximate surface area is 78.1 Å². The number of nitrogens with zero attached hydrogens (tertiary/aromatic N) is 1. The number of H-pyrrole nitrogens is 1. The molecule has 1 heterocycles. The first-order valence-electron chi connectivity index (χ1n) is 4.29. The first kappa shape index (κ1) is 9.39. The molecule has 0 aliphatic heterocycles. The van der Waals surface area contributed by atoms with Crippen molar-refractivity contribution in [2.75, 3.05) is 0 Å². The molecule has 0 spiro atoms. The van der Waals surface area contributed by atoms with Gasteiger partial charge in [0.05, 0.1) is 0 Å². The van der Waals surface area contributed by atoms with Crippen molar-refractivity contribution in [3.63, 3.8) is 0 Å². The molecular formula is C9H14N2S. The molecule has 12 heavy (non-hydrogen) atoms. The number of hydrogen-bond donors (Lipinski definition) is 1. The van der Waals surface area contributed by atoms with Gasteiger partial charge in [0.15, 0.2) is 4.77 Å². The second kappa shape index (κ2) is 4.36. The van der Waals surface area contributed by atoms with Crippen molar-refractivity contribution in [3.05, 3.63) is 22.2 Å². The van der Waals surface area contributed by atoms with E-state index in [0.29, 0.717) is 4.77 Å². The molecule has 0 unspecified atom stereocenters. The van der Waals surface area contributed by atoms with Gasteiger partial charge in [-0.3, -0.25) is 0 Å². The Morgan fingerprint density at radius 1 is 1.58 bits per heavy atom. The molecule has 1 aromatic rings. The van der Waals surface area contributed by atoms with E-state index in [-0.39, 0.29) is 0 Å². The molecule has 2 nitrogen and oxygen atoms in total. The summed E-state index contributed by atoms with van der Waals surface area (Å²) >= 11 is 4.97. The van der Waals surface area contributed by atoms with Crippen LogP contribution >= 0.6 is 12.2 Å². The maximum Gasteiger partial charge on any atom is 0.197 e. The van der Waals surface area contributed by atoms with Crippen LogP contribution in [-0.4, -0.2) is 9.97 Å². The van der Waals surface area contributed by atoms with Gasteiger partial charge in [-0.2, -0.15) is 0 Å². The first-order chi connectivity index (χ1) is 5.72. The molecule has 1 aromatic heterocycles. The smallest absolute Gasteiger partial charge is 0.197 e. The van der Waals surface area contributed by atoms with Crippen molar-refractivity contribution < 1.29 is 0 Å². The van der Waals surface area contributed by atoms with Gasteiger partial charge in [0.2, 0.25) is 0 Å². The van der Waals surface area contributed by atoms with Gasteiger partial charge in [-0.25, -0.2) is 4.98 Å². The normalized spacial score (nSPS) is 10.2. The Morgan fingerprint density at radius 3 is 2.92 bits per heavy atom. The van der Waals surface area contributed by atoms with Gasteiger partial charge in [0.1, 0.15) is 0 Å². The average molecular weight is 182 g/mol. The minimum absolute atomic E-state index is 0.598. The fourth-order valence-corrected chi connectivity index (χ4v) is 1.41. The summed E-state index contributed by atoms with van der Waals surface area (Å²) in [4.78, 5) is 7.22. The van der Waals surface area contributed by atoms with Crippen molar-refractivity contribution in [1.82, 2.24) is 9.97 Å². The molecule has 1 N–H and O–H groups in total. The summed E-state index contributed by atoms with van der Waals surface area (Å²) in [6, 6.07) is 2.06. The highest BCUT2D eigenvalue weighted by atomic mass is 32.1. The number of unbranched alkanes of at least 4 members (excludes halogenated alkanes) is 1. The summed E-state index contributed by atoms with van der Waals surface area (Å²) in [5, 5.41) is 0. The van der Waals surface area contributed by atoms with E-state index >= 15 is 0 Å². The SMILES string of the molecule is CCCCc1cc(C)[nH]c(=S)n1. The van der Waals surface area contributed by atoms with Crippen LogP contribution in [0.3, 0.4) is 0 Å². The van der Waals surface area contributed by atoms with E-state index in [1.807, 2.05) is 6.92 Å². The second-order valence-electron chi connectivity index (χ2n) is 2.96. The molecule has 0 amide bonds. The van der Waals surface area contributed by atoms with Crippen LogP contribution in [0.2, 0.25) is 0 Å². The molecule has 0 bridgehead atoms. The zero-order valence-corrected chi connectivity index (χ0v) is 8.37. The van der Waals surface area contributed by atoms with Crippen LogP contribution in [0.1, 0.15) is 31.2 Å². The van der Waals surface area contributed by atoms with E-state index in [1.165, 1.54) is 12.8 Å². The molecule has 0 aromatic carbocycles. The Morgan fingerprint density at radius 2 is 2.33 bits per heavy atom. The highest BCUT2D eigenvalue weighted by Crippen LogP contribution is 2.02. The molecule has 3 heteroatoms. The van der Waals surface area contributed by atoms with Crippen molar-refractivity contribution in [1.29, 1.82) is 0 Å². The standard InChI is InChI=1S/C9H14N2S/c1-3-4-5-8-6-7(2)10-9(12)11-8/h6H,3-5H2,1-2H3,(H,10,11,12). The summed E-state index contributed by atoms with van der Waals surface area (Å²) < 4.78 is 0.598. The largest absolute Gasteiger partial charge is 0.335 e. The van der Waals surface area contributed by atoms with E-state index in [4.69, 9.17) is 12.2 Å². The number of aromatic amines is 1. The Kier molecular flexibility index (Phi) is 3.41. The predicted octanol–water partition coefficient (Wildman–Crippen LogP) is 2.79. The zero-order chi connectivity index (χ0) is 8.97. The van der Waals surface area contributed by atoms with E-state index in [9.17, 15) is 0 Å². The zero-order valence-electron chi connectivity index (χ0n) is 7.55. The predicted molar refractivity (Wildman–Crippen MR) is 52.8 cm³/mol. The number of nitrogens with one attached hydrogen (secondary N) is 1. The van der Waals surface area contributed by atoms with Gasteiger partial charge < -0.3 is 4.98 Å². The van der Waals surface area contributed by atoms with Crippen LogP contribution < -0.4 is 0 Å². The molecule has 0 saturated carbocycles. The van der Waals surface area contributed by atoms with E-state index in [1.54, 1.807) is 0 Å². The van der Waals surface area contributed by atoms with Crippen LogP contribution in [0.5, 0.6) is 0 Å². The molecule has 0 fully saturated rings. The number of aryl methyl sites for hydroxylation is 2. The monoisotopic (exact) mass is 182 g/mol. The van der Waals surface area contributed by atoms with E-state index < -0.39 is 0 Å². The summed E-state index contributed by atoms with van der Waals surface area (Å²) in [6.07, 6.45) is 3.42. The number of aromatic nitrogens is 2. The van der Waals surface area contributed by atoms with Crippen LogP contribution in [0.4, 0.5) is 0 Å². The lowest BCUT2D eigenvalue weighted by molar-refractivity contribution is 0.769. The average Bonchev–Trinajstić information content (AvgIpc) is 1.99. The maximum absolute atomic E-state index is 4.97. The van der Waals surface area contributed by atoms with Gasteiger partial charge in [-0.15, -0.1) is 0 Å². The van der Waals surface area contributed by atoms with Crippen LogP contribution in [0.15, 0.2) is 6.07 Å². The topological polar surface area (TPSA) is 28.7 Å². The lowest BCUT2D eigenvalue weighted by Crippen LogP contribution is -1.94. The molecule has 0 aliphatic carbocycles. The lowest BCUT2D eigenvalue weighted by Gasteiger charge is -1.99. The maximum atomic E-state index is 4.97. The second-order valence-corrected chi connectivity index (χ2v) is 3.35. The van der Waals surface area contributed by atoms with Crippen LogP contribution in [-0.2, 0) is 6.42 Å². The van der Waals surface area contributed by atoms with Crippen LogP contribution in [0, 0.1) is 11.7 Å². The first-order valence-corrected chi connectivity index (χ1v) is 4.70. The number of rotatable bonds is 3. The van der Waals surface area contributed by atoms with E-state index in [2.05, 4.69) is 23.0 Å². The van der Waals surface area contributed by atoms with Gasteiger partial charge in [0, 0.05) is 11.4 Å². The third kappa shape index (κ3) is 2.74. The lowest BCUT2D eigenvalue weighted by atomic mass is 10.2. The molecular weight excluding hydrogens is 168 g/mol. The Hall–Kier alpha value is -0.700.